The average molecular weight is 347 g/mol. The van der Waals surface area contributed by atoms with E-state index < -0.39 is 0 Å². The number of aromatic nitrogens is 3. The van der Waals surface area contributed by atoms with E-state index >= 15 is 0 Å². The fraction of sp³-hybridized carbons (Fsp3) is 0.500. The zero-order valence-corrected chi connectivity index (χ0v) is 15.7. The van der Waals surface area contributed by atoms with Crippen molar-refractivity contribution >= 4 is 17.5 Å². The molecular formula is C18H25N3O2S. The summed E-state index contributed by atoms with van der Waals surface area (Å²) in [7, 11) is 0. The minimum atomic E-state index is -0.309. The highest BCUT2D eigenvalue weighted by Crippen LogP contribution is 2.26. The van der Waals surface area contributed by atoms with Crippen LogP contribution in [0, 0.1) is 0 Å². The summed E-state index contributed by atoms with van der Waals surface area (Å²) in [5.74, 6) is 0.0407. The van der Waals surface area contributed by atoms with E-state index in [0.717, 1.165) is 6.42 Å². The van der Waals surface area contributed by atoms with Crippen LogP contribution >= 0.6 is 11.8 Å². The molecule has 0 amide bonds. The van der Waals surface area contributed by atoms with Crippen molar-refractivity contribution in [3.05, 3.63) is 45.9 Å². The highest BCUT2D eigenvalue weighted by molar-refractivity contribution is 8.00. The number of nitrogens with zero attached hydrogens (tertiary/aromatic N) is 2. The van der Waals surface area contributed by atoms with Gasteiger partial charge in [0, 0.05) is 12.1 Å². The van der Waals surface area contributed by atoms with E-state index in [2.05, 4.69) is 31.0 Å². The Balaban J connectivity index is 2.14. The maximum Gasteiger partial charge on any atom is 0.343 e. The molecule has 1 heterocycles. The second kappa shape index (κ2) is 7.38. The number of Topliss-reactive ketones (excluding diaryl/α,β-unsaturated/α-hetero) is 1. The predicted octanol–water partition coefficient (Wildman–Crippen LogP) is 3.64. The van der Waals surface area contributed by atoms with Gasteiger partial charge in [-0.1, -0.05) is 63.7 Å². The second-order valence-electron chi connectivity index (χ2n) is 6.91. The monoisotopic (exact) mass is 347 g/mol. The van der Waals surface area contributed by atoms with E-state index in [1.54, 1.807) is 4.57 Å². The molecule has 5 nitrogen and oxygen atoms in total. The molecule has 0 radical (unpaired) electrons. The highest BCUT2D eigenvalue weighted by atomic mass is 32.2. The first-order valence-electron chi connectivity index (χ1n) is 8.20. The molecule has 0 fully saturated rings. The van der Waals surface area contributed by atoms with E-state index in [9.17, 15) is 9.59 Å². The van der Waals surface area contributed by atoms with Crippen LogP contribution < -0.4 is 5.69 Å². The lowest BCUT2D eigenvalue weighted by Gasteiger charge is -2.19. The van der Waals surface area contributed by atoms with Crippen molar-refractivity contribution in [2.75, 3.05) is 0 Å². The third kappa shape index (κ3) is 4.17. The van der Waals surface area contributed by atoms with Crippen molar-refractivity contribution in [3.8, 4) is 0 Å². The van der Waals surface area contributed by atoms with Gasteiger partial charge in [-0.3, -0.25) is 9.36 Å². The fourth-order valence-corrected chi connectivity index (χ4v) is 3.35. The van der Waals surface area contributed by atoms with Gasteiger partial charge < -0.3 is 0 Å². The van der Waals surface area contributed by atoms with Crippen LogP contribution in [0.3, 0.4) is 0 Å². The van der Waals surface area contributed by atoms with Crippen LogP contribution in [-0.4, -0.2) is 25.8 Å². The number of ketones is 1. The van der Waals surface area contributed by atoms with Gasteiger partial charge in [-0.25, -0.2) is 9.89 Å². The Labute approximate surface area is 146 Å². The van der Waals surface area contributed by atoms with Gasteiger partial charge in [0.25, 0.3) is 0 Å². The molecular weight excluding hydrogens is 322 g/mol. The molecule has 24 heavy (non-hydrogen) atoms. The molecule has 130 valence electrons. The number of thioether (sulfide) groups is 1. The van der Waals surface area contributed by atoms with Crippen molar-refractivity contribution in [2.45, 2.75) is 63.4 Å². The van der Waals surface area contributed by atoms with Crippen LogP contribution in [0.5, 0.6) is 0 Å². The Morgan fingerprint density at radius 3 is 2.46 bits per heavy atom. The summed E-state index contributed by atoms with van der Waals surface area (Å²) in [5, 5.41) is 6.74. The molecule has 0 spiro atoms. The molecule has 2 rings (SSSR count). The molecule has 0 saturated heterocycles. The maximum absolute atomic E-state index is 12.6. The van der Waals surface area contributed by atoms with E-state index in [4.69, 9.17) is 0 Å². The van der Waals surface area contributed by atoms with Gasteiger partial charge in [-0.15, -0.1) is 5.10 Å². The van der Waals surface area contributed by atoms with Gasteiger partial charge >= 0.3 is 5.69 Å². The standard InChI is InChI=1S/C18H25N3O2S/c1-6-11-21-16(23)19-20-17(21)24-12(2)15(22)13-7-9-14(10-8-13)18(3,4)5/h7-10,12H,6,11H2,1-5H3,(H,19,23)/t12-/m0/s1. The third-order valence-corrected chi connectivity index (χ3v) is 4.95. The van der Waals surface area contributed by atoms with E-state index in [-0.39, 0.29) is 22.1 Å². The zero-order valence-electron chi connectivity index (χ0n) is 14.9. The van der Waals surface area contributed by atoms with Crippen LogP contribution in [0.15, 0.2) is 34.2 Å². The van der Waals surface area contributed by atoms with Crippen molar-refractivity contribution in [1.29, 1.82) is 0 Å². The average Bonchev–Trinajstić information content (AvgIpc) is 2.87. The smallest absolute Gasteiger partial charge is 0.293 e. The minimum absolute atomic E-state index is 0.0407. The van der Waals surface area contributed by atoms with Gasteiger partial charge in [0.05, 0.1) is 5.25 Å². The molecule has 1 aromatic carbocycles. The van der Waals surface area contributed by atoms with Crippen LogP contribution in [-0.2, 0) is 12.0 Å². The van der Waals surface area contributed by atoms with Gasteiger partial charge in [-0.05, 0) is 24.3 Å². The molecule has 0 unspecified atom stereocenters. The summed E-state index contributed by atoms with van der Waals surface area (Å²) in [6.07, 6.45) is 0.837. The van der Waals surface area contributed by atoms with E-state index in [1.165, 1.54) is 17.3 Å². The first-order chi connectivity index (χ1) is 11.2. The Kier molecular flexibility index (Phi) is 5.70. The number of nitrogens with one attached hydrogen (secondary N) is 1. The number of hydrogen-bond donors (Lipinski definition) is 1. The lowest BCUT2D eigenvalue weighted by Crippen LogP contribution is -2.19. The van der Waals surface area contributed by atoms with Crippen molar-refractivity contribution in [1.82, 2.24) is 14.8 Å². The zero-order chi connectivity index (χ0) is 17.9. The molecule has 0 aliphatic carbocycles. The summed E-state index contributed by atoms with van der Waals surface area (Å²) in [6.45, 7) is 10.9. The van der Waals surface area contributed by atoms with Crippen molar-refractivity contribution in [3.63, 3.8) is 0 Å². The number of benzene rings is 1. The molecule has 6 heteroatoms. The Hall–Kier alpha value is -1.82. The SMILES string of the molecule is CCCn1c(S[C@@H](C)C(=O)c2ccc(C(C)(C)C)cc2)n[nH]c1=O. The Morgan fingerprint density at radius 1 is 1.29 bits per heavy atom. The second-order valence-corrected chi connectivity index (χ2v) is 8.22. The van der Waals surface area contributed by atoms with Crippen molar-refractivity contribution in [2.24, 2.45) is 0 Å². The molecule has 0 saturated carbocycles. The van der Waals surface area contributed by atoms with E-state index in [1.807, 2.05) is 38.1 Å². The van der Waals surface area contributed by atoms with Crippen LogP contribution in [0.2, 0.25) is 0 Å². The highest BCUT2D eigenvalue weighted by Gasteiger charge is 2.21. The Morgan fingerprint density at radius 2 is 1.92 bits per heavy atom. The molecule has 0 bridgehead atoms. The first kappa shape index (κ1) is 18.5. The number of hydrogen-bond acceptors (Lipinski definition) is 4. The lowest BCUT2D eigenvalue weighted by atomic mass is 9.86. The quantitative estimate of drug-likeness (QED) is 0.640. The molecule has 2 aromatic rings. The third-order valence-electron chi connectivity index (χ3n) is 3.86. The summed E-state index contributed by atoms with van der Waals surface area (Å²) >= 11 is 1.31. The molecule has 0 aliphatic heterocycles. The number of aromatic amines is 1. The number of carbonyl (C=O) groups is 1. The minimum Gasteiger partial charge on any atom is -0.293 e. The first-order valence-corrected chi connectivity index (χ1v) is 9.08. The Bertz CT molecular complexity index is 754. The number of rotatable bonds is 6. The summed E-state index contributed by atoms with van der Waals surface area (Å²) in [4.78, 5) is 24.4. The summed E-state index contributed by atoms with van der Waals surface area (Å²) in [6, 6.07) is 7.77. The van der Waals surface area contributed by atoms with Crippen LogP contribution in [0.4, 0.5) is 0 Å². The van der Waals surface area contributed by atoms with Gasteiger partial charge in [0.1, 0.15) is 0 Å². The van der Waals surface area contributed by atoms with Gasteiger partial charge in [0.15, 0.2) is 10.9 Å². The van der Waals surface area contributed by atoms with E-state index in [0.29, 0.717) is 17.3 Å². The molecule has 0 aliphatic rings. The lowest BCUT2D eigenvalue weighted by molar-refractivity contribution is 0.0993. The van der Waals surface area contributed by atoms with Crippen LogP contribution in [0.1, 0.15) is 57.0 Å². The number of carbonyl (C=O) groups excluding carboxylic acids is 1. The molecule has 1 atom stereocenters. The van der Waals surface area contributed by atoms with Crippen molar-refractivity contribution < 1.29 is 4.79 Å². The molecule has 1 N–H and O–H groups in total. The molecule has 1 aromatic heterocycles. The largest absolute Gasteiger partial charge is 0.343 e. The predicted molar refractivity (Wildman–Crippen MR) is 97.9 cm³/mol. The number of H-pyrrole nitrogens is 1. The van der Waals surface area contributed by atoms with Gasteiger partial charge in [-0.2, -0.15) is 0 Å². The maximum atomic E-state index is 12.6. The fourth-order valence-electron chi connectivity index (χ4n) is 2.39. The topological polar surface area (TPSA) is 67.8 Å². The van der Waals surface area contributed by atoms with Crippen LogP contribution in [0.25, 0.3) is 0 Å². The summed E-state index contributed by atoms with van der Waals surface area (Å²) < 4.78 is 1.58. The van der Waals surface area contributed by atoms with Gasteiger partial charge in [0.2, 0.25) is 0 Å². The normalized spacial score (nSPS) is 13.0. The summed E-state index contributed by atoms with van der Waals surface area (Å²) in [5.41, 5.74) is 1.72.